The summed E-state index contributed by atoms with van der Waals surface area (Å²) < 4.78 is 48.3. The van der Waals surface area contributed by atoms with Gasteiger partial charge < -0.3 is 14.5 Å². The Hall–Kier alpha value is -2.36. The molecule has 2 aromatic carbocycles. The van der Waals surface area contributed by atoms with Gasteiger partial charge in [-0.2, -0.15) is 4.31 Å². The number of nitrogens with zero attached hydrogens (tertiary/aromatic N) is 3. The van der Waals surface area contributed by atoms with E-state index < -0.39 is 15.8 Å². The lowest BCUT2D eigenvalue weighted by Crippen LogP contribution is -2.55. The summed E-state index contributed by atoms with van der Waals surface area (Å²) in [4.78, 5) is 17.6. The van der Waals surface area contributed by atoms with E-state index in [1.54, 1.807) is 34.5 Å². The Kier molecular flexibility index (Phi) is 6.81. The first-order valence-corrected chi connectivity index (χ1v) is 15.3. The van der Waals surface area contributed by atoms with Crippen molar-refractivity contribution >= 4 is 33.2 Å². The van der Waals surface area contributed by atoms with Crippen molar-refractivity contribution in [1.82, 2.24) is 9.21 Å². The van der Waals surface area contributed by atoms with Crippen LogP contribution >= 0.6 is 11.6 Å². The summed E-state index contributed by atoms with van der Waals surface area (Å²) in [6.07, 6.45) is 6.35. The first-order chi connectivity index (χ1) is 18.3. The van der Waals surface area contributed by atoms with Crippen LogP contribution in [-0.2, 0) is 10.0 Å². The molecule has 0 unspecified atom stereocenters. The zero-order chi connectivity index (χ0) is 26.6. The SMILES string of the molecule is COc1ccc(S(=O)(=O)N2C[C@H]3CCCC[C@H]3C2)cc1N1[C@@H]2CC[C@H]1CN(C(=O)c1ccc(F)cc1Cl)C2. The molecule has 4 atom stereocenters. The lowest BCUT2D eigenvalue weighted by Gasteiger charge is -2.43. The number of piperazine rings is 1. The van der Waals surface area contributed by atoms with E-state index in [2.05, 4.69) is 4.90 Å². The molecular formula is C28H33ClFN3O4S. The second-order valence-electron chi connectivity index (χ2n) is 11.1. The Morgan fingerprint density at radius 1 is 0.947 bits per heavy atom. The largest absolute Gasteiger partial charge is 0.495 e. The fourth-order valence-electron chi connectivity index (χ4n) is 7.04. The molecule has 0 radical (unpaired) electrons. The molecule has 3 heterocycles. The van der Waals surface area contributed by atoms with Crippen LogP contribution in [0.4, 0.5) is 10.1 Å². The van der Waals surface area contributed by atoms with Crippen molar-refractivity contribution in [3.63, 3.8) is 0 Å². The van der Waals surface area contributed by atoms with E-state index in [1.807, 2.05) is 0 Å². The third kappa shape index (κ3) is 4.46. The first-order valence-electron chi connectivity index (χ1n) is 13.5. The lowest BCUT2D eigenvalue weighted by molar-refractivity contribution is 0.0718. The highest BCUT2D eigenvalue weighted by molar-refractivity contribution is 7.89. The minimum atomic E-state index is -3.62. The number of carbonyl (C=O) groups is 1. The molecule has 0 N–H and O–H groups in total. The van der Waals surface area contributed by atoms with Gasteiger partial charge >= 0.3 is 0 Å². The fourth-order valence-corrected chi connectivity index (χ4v) is 8.86. The number of anilines is 1. The summed E-state index contributed by atoms with van der Waals surface area (Å²) in [5.74, 6) is 0.855. The number of amides is 1. The smallest absolute Gasteiger partial charge is 0.255 e. The molecule has 6 rings (SSSR count). The summed E-state index contributed by atoms with van der Waals surface area (Å²) in [6, 6.07) is 9.02. The van der Waals surface area contributed by atoms with Crippen molar-refractivity contribution in [3.8, 4) is 5.75 Å². The topological polar surface area (TPSA) is 70.2 Å². The molecule has 0 spiro atoms. The molecule has 10 heteroatoms. The van der Waals surface area contributed by atoms with Crippen molar-refractivity contribution < 1.29 is 22.3 Å². The minimum absolute atomic E-state index is 0.0124. The molecule has 1 saturated carbocycles. The minimum Gasteiger partial charge on any atom is -0.495 e. The number of rotatable bonds is 5. The average Bonchev–Trinajstić information content (AvgIpc) is 3.46. The number of methoxy groups -OCH3 is 1. The molecule has 38 heavy (non-hydrogen) atoms. The van der Waals surface area contributed by atoms with Crippen LogP contribution in [-0.4, -0.2) is 68.9 Å². The molecule has 3 saturated heterocycles. The number of sulfonamides is 1. The molecule has 204 valence electrons. The zero-order valence-electron chi connectivity index (χ0n) is 21.5. The normalized spacial score (nSPS) is 27.4. The van der Waals surface area contributed by atoms with Crippen LogP contribution in [0, 0.1) is 17.7 Å². The molecule has 2 aromatic rings. The molecule has 4 aliphatic rings. The number of ether oxygens (including phenoxy) is 1. The average molecular weight is 562 g/mol. The van der Waals surface area contributed by atoms with Crippen LogP contribution in [0.15, 0.2) is 41.3 Å². The van der Waals surface area contributed by atoms with Gasteiger partial charge in [0.25, 0.3) is 5.91 Å². The van der Waals surface area contributed by atoms with Gasteiger partial charge in [-0.1, -0.05) is 24.4 Å². The number of likely N-dealkylation sites (tertiary alicyclic amines) is 1. The van der Waals surface area contributed by atoms with Crippen molar-refractivity contribution in [2.75, 3.05) is 38.2 Å². The molecule has 1 amide bonds. The highest BCUT2D eigenvalue weighted by Crippen LogP contribution is 2.43. The Morgan fingerprint density at radius 2 is 1.61 bits per heavy atom. The van der Waals surface area contributed by atoms with E-state index in [4.69, 9.17) is 16.3 Å². The lowest BCUT2D eigenvalue weighted by atomic mass is 9.82. The number of halogens is 2. The molecule has 1 aliphatic carbocycles. The second-order valence-corrected chi connectivity index (χ2v) is 13.4. The predicted molar refractivity (Wildman–Crippen MR) is 144 cm³/mol. The van der Waals surface area contributed by atoms with Gasteiger partial charge in [-0.05, 0) is 73.9 Å². The number of hydrogen-bond acceptors (Lipinski definition) is 5. The molecule has 4 fully saturated rings. The third-order valence-electron chi connectivity index (χ3n) is 8.94. The second kappa shape index (κ2) is 9.99. The van der Waals surface area contributed by atoms with Gasteiger partial charge in [0.1, 0.15) is 11.6 Å². The summed E-state index contributed by atoms with van der Waals surface area (Å²) in [7, 11) is -2.03. The highest BCUT2D eigenvalue weighted by atomic mass is 35.5. The summed E-state index contributed by atoms with van der Waals surface area (Å²) in [5, 5.41) is 0.103. The Balaban J connectivity index is 1.26. The number of carbonyl (C=O) groups excluding carboxylic acids is 1. The van der Waals surface area contributed by atoms with E-state index in [9.17, 15) is 17.6 Å². The van der Waals surface area contributed by atoms with Crippen molar-refractivity contribution in [3.05, 3.63) is 52.8 Å². The number of hydrogen-bond donors (Lipinski definition) is 0. The van der Waals surface area contributed by atoms with Crippen LogP contribution in [0.3, 0.4) is 0 Å². The van der Waals surface area contributed by atoms with Crippen molar-refractivity contribution in [2.45, 2.75) is 55.5 Å². The maximum absolute atomic E-state index is 13.7. The molecule has 3 aliphatic heterocycles. The van der Waals surface area contributed by atoms with Crippen LogP contribution in [0.1, 0.15) is 48.9 Å². The molecule has 2 bridgehead atoms. The fraction of sp³-hybridized carbons (Fsp3) is 0.536. The van der Waals surface area contributed by atoms with Crippen LogP contribution in [0.2, 0.25) is 5.02 Å². The monoisotopic (exact) mass is 561 g/mol. The van der Waals surface area contributed by atoms with Gasteiger partial charge in [0.05, 0.1) is 28.3 Å². The van der Waals surface area contributed by atoms with Crippen molar-refractivity contribution in [2.24, 2.45) is 11.8 Å². The van der Waals surface area contributed by atoms with Gasteiger partial charge in [0.15, 0.2) is 0 Å². The highest BCUT2D eigenvalue weighted by Gasteiger charge is 2.44. The van der Waals surface area contributed by atoms with Gasteiger partial charge in [0.2, 0.25) is 10.0 Å². The van der Waals surface area contributed by atoms with Crippen LogP contribution in [0.25, 0.3) is 0 Å². The summed E-state index contributed by atoms with van der Waals surface area (Å²) in [5.41, 5.74) is 1.04. The van der Waals surface area contributed by atoms with E-state index in [0.29, 0.717) is 48.7 Å². The van der Waals surface area contributed by atoms with E-state index in [0.717, 1.165) is 37.4 Å². The molecule has 7 nitrogen and oxygen atoms in total. The van der Waals surface area contributed by atoms with E-state index >= 15 is 0 Å². The zero-order valence-corrected chi connectivity index (χ0v) is 23.1. The standard InChI is InChI=1S/C28H33ClFN3O4S/c1-37-27-11-9-23(38(35,36)32-14-18-4-2-3-5-19(18)15-32)13-26(27)33-21-7-8-22(33)17-31(16-21)28(34)24-10-6-20(30)12-25(24)29/h6,9-13,18-19,21-22H,2-5,7-8,14-17H2,1H3/t18-,19+,21-,22+. The van der Waals surface area contributed by atoms with Gasteiger partial charge in [-0.3, -0.25) is 4.79 Å². The van der Waals surface area contributed by atoms with E-state index in [-0.39, 0.29) is 28.6 Å². The maximum atomic E-state index is 13.7. The maximum Gasteiger partial charge on any atom is 0.255 e. The van der Waals surface area contributed by atoms with Gasteiger partial charge in [0, 0.05) is 38.3 Å². The van der Waals surface area contributed by atoms with Gasteiger partial charge in [-0.15, -0.1) is 0 Å². The quantitative estimate of drug-likeness (QED) is 0.525. The first kappa shape index (κ1) is 25.9. The Bertz CT molecular complexity index is 1330. The van der Waals surface area contributed by atoms with E-state index in [1.165, 1.54) is 25.0 Å². The molecular weight excluding hydrogens is 529 g/mol. The van der Waals surface area contributed by atoms with Crippen LogP contribution < -0.4 is 9.64 Å². The third-order valence-corrected chi connectivity index (χ3v) is 11.1. The Morgan fingerprint density at radius 3 is 2.21 bits per heavy atom. The number of fused-ring (bicyclic) bond motifs is 3. The Labute approximate surface area is 228 Å². The summed E-state index contributed by atoms with van der Waals surface area (Å²) in [6.45, 7) is 2.15. The molecule has 0 aromatic heterocycles. The van der Waals surface area contributed by atoms with Crippen molar-refractivity contribution in [1.29, 1.82) is 0 Å². The van der Waals surface area contributed by atoms with Crippen LogP contribution in [0.5, 0.6) is 5.75 Å². The van der Waals surface area contributed by atoms with Gasteiger partial charge in [-0.25, -0.2) is 12.8 Å². The summed E-state index contributed by atoms with van der Waals surface area (Å²) >= 11 is 6.17. The predicted octanol–water partition coefficient (Wildman–Crippen LogP) is 4.79. The number of benzene rings is 2.